The molecule has 0 saturated heterocycles. The number of benzene rings is 2. The van der Waals surface area contributed by atoms with Gasteiger partial charge < -0.3 is 9.47 Å². The average Bonchev–Trinajstić information content (AvgIpc) is 2.78. The van der Waals surface area contributed by atoms with Gasteiger partial charge in [0.15, 0.2) is 0 Å². The smallest absolute Gasteiger partial charge is 0.339 e. The molecule has 0 heterocycles. The Bertz CT molecular complexity index is 853. The zero-order chi connectivity index (χ0) is 22.5. The zero-order valence-corrected chi connectivity index (χ0v) is 19.6. The molecular formula is C25H30BrFO4. The Morgan fingerprint density at radius 2 is 1.42 bits per heavy atom. The predicted octanol–water partition coefficient (Wildman–Crippen LogP) is 7.24. The third-order valence-corrected chi connectivity index (χ3v) is 5.74. The lowest BCUT2D eigenvalue weighted by atomic mass is 10.1. The summed E-state index contributed by atoms with van der Waals surface area (Å²) in [4.78, 5) is 25.0. The Morgan fingerprint density at radius 3 is 2.06 bits per heavy atom. The minimum atomic E-state index is -0.657. The van der Waals surface area contributed by atoms with Gasteiger partial charge in [-0.1, -0.05) is 79.9 Å². The summed E-state index contributed by atoms with van der Waals surface area (Å²) in [5, 5.41) is 0. The van der Waals surface area contributed by atoms with Gasteiger partial charge in [-0.3, -0.25) is 0 Å². The summed E-state index contributed by atoms with van der Waals surface area (Å²) in [5.41, 5.74) is 0.810. The largest absolute Gasteiger partial charge is 0.462 e. The highest BCUT2D eigenvalue weighted by molar-refractivity contribution is 9.10. The molecule has 0 N–H and O–H groups in total. The Balaban J connectivity index is 1.81. The average molecular weight is 493 g/mol. The van der Waals surface area contributed by atoms with Crippen molar-refractivity contribution < 1.29 is 23.5 Å². The molecule has 0 aliphatic heterocycles. The second kappa shape index (κ2) is 14.0. The van der Waals surface area contributed by atoms with Crippen molar-refractivity contribution in [3.63, 3.8) is 0 Å². The van der Waals surface area contributed by atoms with Crippen molar-refractivity contribution >= 4 is 27.9 Å². The van der Waals surface area contributed by atoms with Gasteiger partial charge in [0, 0.05) is 10.0 Å². The molecule has 0 amide bonds. The molecule has 0 aliphatic rings. The Hall–Kier alpha value is -2.21. The fourth-order valence-electron chi connectivity index (χ4n) is 3.19. The van der Waals surface area contributed by atoms with E-state index in [-0.39, 0.29) is 17.7 Å². The summed E-state index contributed by atoms with van der Waals surface area (Å²) in [6.07, 6.45) is 9.26. The molecule has 2 rings (SSSR count). The van der Waals surface area contributed by atoms with Crippen LogP contribution < -0.4 is 0 Å². The van der Waals surface area contributed by atoms with Crippen LogP contribution in [0.4, 0.5) is 4.39 Å². The second-order valence-corrected chi connectivity index (χ2v) is 8.32. The molecule has 0 aromatic heterocycles. The number of hydrogen-bond donors (Lipinski definition) is 0. The first-order valence-electron chi connectivity index (χ1n) is 10.9. The standard InChI is InChI=1S/C25H30BrFO4/c1-2-3-4-5-6-7-8-11-16-30-24(28)21-12-9-10-13-22(21)25(29)31-18-19-17-20(27)14-15-23(19)26/h9-10,12-15,17H,2-8,11,16,18H2,1H3. The van der Waals surface area contributed by atoms with Crippen LogP contribution in [-0.4, -0.2) is 18.5 Å². The van der Waals surface area contributed by atoms with E-state index in [1.807, 2.05) is 0 Å². The fourth-order valence-corrected chi connectivity index (χ4v) is 3.55. The molecule has 0 bridgehead atoms. The molecule has 31 heavy (non-hydrogen) atoms. The van der Waals surface area contributed by atoms with Crippen molar-refractivity contribution in [3.05, 3.63) is 69.4 Å². The van der Waals surface area contributed by atoms with E-state index in [2.05, 4.69) is 22.9 Å². The lowest BCUT2D eigenvalue weighted by molar-refractivity contribution is 0.0435. The molecule has 0 radical (unpaired) electrons. The summed E-state index contributed by atoms with van der Waals surface area (Å²) in [6.45, 7) is 2.42. The highest BCUT2D eigenvalue weighted by Gasteiger charge is 2.19. The van der Waals surface area contributed by atoms with Crippen LogP contribution in [0, 0.1) is 5.82 Å². The number of unbranched alkanes of at least 4 members (excludes halogenated alkanes) is 7. The zero-order valence-electron chi connectivity index (χ0n) is 18.0. The highest BCUT2D eigenvalue weighted by Crippen LogP contribution is 2.20. The van der Waals surface area contributed by atoms with Crippen LogP contribution in [-0.2, 0) is 16.1 Å². The first-order valence-corrected chi connectivity index (χ1v) is 11.7. The number of ether oxygens (including phenoxy) is 2. The van der Waals surface area contributed by atoms with E-state index in [9.17, 15) is 14.0 Å². The Kier molecular flexibility index (Phi) is 11.3. The normalized spacial score (nSPS) is 10.7. The van der Waals surface area contributed by atoms with Crippen LogP contribution >= 0.6 is 15.9 Å². The van der Waals surface area contributed by atoms with Crippen LogP contribution in [0.15, 0.2) is 46.9 Å². The van der Waals surface area contributed by atoms with Crippen LogP contribution in [0.2, 0.25) is 0 Å². The van der Waals surface area contributed by atoms with E-state index in [4.69, 9.17) is 9.47 Å². The van der Waals surface area contributed by atoms with Crippen molar-refractivity contribution in [1.82, 2.24) is 0 Å². The lowest BCUT2D eigenvalue weighted by Crippen LogP contribution is -2.14. The number of hydrogen-bond acceptors (Lipinski definition) is 4. The molecule has 2 aromatic carbocycles. The highest BCUT2D eigenvalue weighted by atomic mass is 79.9. The maximum atomic E-state index is 13.4. The van der Waals surface area contributed by atoms with Gasteiger partial charge in [-0.05, 0) is 36.8 Å². The fraction of sp³-hybridized carbons (Fsp3) is 0.440. The monoisotopic (exact) mass is 492 g/mol. The first kappa shape index (κ1) is 25.1. The summed E-state index contributed by atoms with van der Waals surface area (Å²) in [5.74, 6) is -1.61. The number of esters is 2. The van der Waals surface area contributed by atoms with E-state index in [0.29, 0.717) is 16.6 Å². The topological polar surface area (TPSA) is 52.6 Å². The SMILES string of the molecule is CCCCCCCCCCOC(=O)c1ccccc1C(=O)OCc1cc(F)ccc1Br. The second-order valence-electron chi connectivity index (χ2n) is 7.47. The van der Waals surface area contributed by atoms with Crippen LogP contribution in [0.1, 0.15) is 84.6 Å². The van der Waals surface area contributed by atoms with Gasteiger partial charge in [-0.15, -0.1) is 0 Å². The van der Waals surface area contributed by atoms with Gasteiger partial charge in [0.05, 0.1) is 17.7 Å². The number of rotatable bonds is 13. The predicted molar refractivity (Wildman–Crippen MR) is 123 cm³/mol. The van der Waals surface area contributed by atoms with E-state index >= 15 is 0 Å². The van der Waals surface area contributed by atoms with Crippen molar-refractivity contribution in [2.45, 2.75) is 64.9 Å². The Labute approximate surface area is 192 Å². The van der Waals surface area contributed by atoms with Crippen molar-refractivity contribution in [3.8, 4) is 0 Å². The van der Waals surface area contributed by atoms with E-state index < -0.39 is 17.8 Å². The molecule has 168 valence electrons. The molecule has 0 fully saturated rings. The lowest BCUT2D eigenvalue weighted by Gasteiger charge is -2.11. The van der Waals surface area contributed by atoms with Gasteiger partial charge >= 0.3 is 11.9 Å². The minimum absolute atomic E-state index is 0.112. The van der Waals surface area contributed by atoms with Gasteiger partial charge in [-0.25, -0.2) is 14.0 Å². The summed E-state index contributed by atoms with van der Waals surface area (Å²) >= 11 is 3.30. The molecule has 0 saturated carbocycles. The summed E-state index contributed by atoms with van der Waals surface area (Å²) in [6, 6.07) is 10.6. The quantitative estimate of drug-likeness (QED) is 0.218. The number of carbonyl (C=O) groups is 2. The molecule has 0 atom stereocenters. The van der Waals surface area contributed by atoms with Gasteiger partial charge in [0.2, 0.25) is 0 Å². The molecule has 0 aliphatic carbocycles. The minimum Gasteiger partial charge on any atom is -0.462 e. The van der Waals surface area contributed by atoms with E-state index in [1.54, 1.807) is 24.3 Å². The molecule has 0 spiro atoms. The first-order chi connectivity index (χ1) is 15.0. The van der Waals surface area contributed by atoms with Gasteiger partial charge in [0.25, 0.3) is 0 Å². The third-order valence-electron chi connectivity index (χ3n) is 4.96. The summed E-state index contributed by atoms with van der Waals surface area (Å²) in [7, 11) is 0. The Morgan fingerprint density at radius 1 is 0.839 bits per heavy atom. The van der Waals surface area contributed by atoms with Crippen LogP contribution in [0.25, 0.3) is 0 Å². The van der Waals surface area contributed by atoms with E-state index in [1.165, 1.54) is 50.3 Å². The molecule has 6 heteroatoms. The molecule has 0 unspecified atom stereocenters. The van der Waals surface area contributed by atoms with Gasteiger partial charge in [0.1, 0.15) is 12.4 Å². The van der Waals surface area contributed by atoms with Crippen molar-refractivity contribution in [2.75, 3.05) is 6.61 Å². The number of halogens is 2. The van der Waals surface area contributed by atoms with Crippen molar-refractivity contribution in [1.29, 1.82) is 0 Å². The third kappa shape index (κ3) is 8.82. The number of carbonyl (C=O) groups excluding carboxylic acids is 2. The van der Waals surface area contributed by atoms with Crippen LogP contribution in [0.5, 0.6) is 0 Å². The molecular weight excluding hydrogens is 463 g/mol. The summed E-state index contributed by atoms with van der Waals surface area (Å²) < 4.78 is 24.7. The van der Waals surface area contributed by atoms with Crippen LogP contribution in [0.3, 0.4) is 0 Å². The molecule has 2 aromatic rings. The molecule has 4 nitrogen and oxygen atoms in total. The van der Waals surface area contributed by atoms with E-state index in [0.717, 1.165) is 19.3 Å². The van der Waals surface area contributed by atoms with Gasteiger partial charge in [-0.2, -0.15) is 0 Å². The maximum Gasteiger partial charge on any atom is 0.339 e. The van der Waals surface area contributed by atoms with Crippen molar-refractivity contribution in [2.24, 2.45) is 0 Å². The maximum absolute atomic E-state index is 13.4.